The van der Waals surface area contributed by atoms with Gasteiger partial charge in [0.15, 0.2) is 5.82 Å². The minimum Gasteiger partial charge on any atom is -0.394 e. The van der Waals surface area contributed by atoms with Gasteiger partial charge in [-0.1, -0.05) is 0 Å². The summed E-state index contributed by atoms with van der Waals surface area (Å²) >= 11 is 0. The molecule has 0 spiro atoms. The normalized spacial score (nSPS) is 13.2. The molecule has 5 nitrogen and oxygen atoms in total. The van der Waals surface area contributed by atoms with E-state index in [4.69, 9.17) is 10.8 Å². The first-order valence-corrected chi connectivity index (χ1v) is 4.00. The number of halogens is 2. The zero-order valence-corrected chi connectivity index (χ0v) is 7.61. The smallest absolute Gasteiger partial charge is 0.265 e. The van der Waals surface area contributed by atoms with Gasteiger partial charge < -0.3 is 16.2 Å². The molecule has 4 N–H and O–H groups in total. The largest absolute Gasteiger partial charge is 0.394 e. The standard InChI is InChI=1S/C7H12F2N4O/c1-13-3-4(10)7(12-13)11-2-5(14)6(8)9/h3,5-6,14H,2,10H2,1H3,(H,11,12). The maximum Gasteiger partial charge on any atom is 0.265 e. The molecule has 0 saturated carbocycles. The molecule has 0 aliphatic rings. The Labute approximate surface area is 79.5 Å². The van der Waals surface area contributed by atoms with Gasteiger partial charge in [-0.25, -0.2) is 8.78 Å². The van der Waals surface area contributed by atoms with Gasteiger partial charge in [0, 0.05) is 19.8 Å². The topological polar surface area (TPSA) is 76.1 Å². The molecule has 14 heavy (non-hydrogen) atoms. The number of hydrogen-bond donors (Lipinski definition) is 3. The van der Waals surface area contributed by atoms with E-state index in [1.165, 1.54) is 10.9 Å². The van der Waals surface area contributed by atoms with Crippen molar-refractivity contribution in [1.29, 1.82) is 0 Å². The highest BCUT2D eigenvalue weighted by molar-refractivity contribution is 5.59. The van der Waals surface area contributed by atoms with Crippen molar-refractivity contribution in [3.8, 4) is 0 Å². The van der Waals surface area contributed by atoms with Crippen LogP contribution in [0.3, 0.4) is 0 Å². The molecule has 7 heteroatoms. The Morgan fingerprint density at radius 2 is 2.36 bits per heavy atom. The predicted octanol–water partition coefficient (Wildman–Crippen LogP) is 0.0402. The second-order valence-corrected chi connectivity index (χ2v) is 2.89. The lowest BCUT2D eigenvalue weighted by atomic mass is 10.3. The molecule has 1 aromatic heterocycles. The summed E-state index contributed by atoms with van der Waals surface area (Å²) in [4.78, 5) is 0. The molecule has 1 aromatic rings. The van der Waals surface area contributed by atoms with Crippen molar-refractivity contribution in [1.82, 2.24) is 9.78 Å². The molecule has 0 radical (unpaired) electrons. The summed E-state index contributed by atoms with van der Waals surface area (Å²) in [7, 11) is 1.66. The number of hydrogen-bond acceptors (Lipinski definition) is 4. The van der Waals surface area contributed by atoms with Gasteiger partial charge >= 0.3 is 0 Å². The zero-order valence-electron chi connectivity index (χ0n) is 7.61. The van der Waals surface area contributed by atoms with Crippen LogP contribution in [0.1, 0.15) is 0 Å². The van der Waals surface area contributed by atoms with Crippen molar-refractivity contribution in [2.24, 2.45) is 7.05 Å². The van der Waals surface area contributed by atoms with Gasteiger partial charge in [0.1, 0.15) is 6.10 Å². The van der Waals surface area contributed by atoms with E-state index in [0.717, 1.165) is 0 Å². The van der Waals surface area contributed by atoms with E-state index in [9.17, 15) is 8.78 Å². The van der Waals surface area contributed by atoms with Gasteiger partial charge in [-0.2, -0.15) is 5.10 Å². The Balaban J connectivity index is 2.49. The van der Waals surface area contributed by atoms with Gasteiger partial charge in [-0.05, 0) is 0 Å². The summed E-state index contributed by atoms with van der Waals surface area (Å²) in [5.74, 6) is 0.298. The highest BCUT2D eigenvalue weighted by atomic mass is 19.3. The van der Waals surface area contributed by atoms with Crippen LogP contribution in [-0.4, -0.2) is 34.0 Å². The number of rotatable bonds is 4. The number of nitrogens with zero attached hydrogens (tertiary/aromatic N) is 2. The first kappa shape index (κ1) is 10.7. The van der Waals surface area contributed by atoms with Crippen LogP contribution < -0.4 is 11.1 Å². The lowest BCUT2D eigenvalue weighted by Crippen LogP contribution is -2.27. The van der Waals surface area contributed by atoms with Crippen LogP contribution in [0.2, 0.25) is 0 Å². The molecule has 1 unspecified atom stereocenters. The molecule has 0 aromatic carbocycles. The highest BCUT2D eigenvalue weighted by Gasteiger charge is 2.17. The van der Waals surface area contributed by atoms with Crippen LogP contribution >= 0.6 is 0 Å². The molecule has 0 saturated heterocycles. The molecule has 0 fully saturated rings. The minimum absolute atomic E-state index is 0.279. The first-order chi connectivity index (χ1) is 6.50. The van der Waals surface area contributed by atoms with Crippen molar-refractivity contribution >= 4 is 11.5 Å². The number of aliphatic hydroxyl groups excluding tert-OH is 1. The van der Waals surface area contributed by atoms with Crippen molar-refractivity contribution in [2.45, 2.75) is 12.5 Å². The Bertz CT molecular complexity index is 302. The van der Waals surface area contributed by atoms with E-state index in [1.54, 1.807) is 7.05 Å². The summed E-state index contributed by atoms with van der Waals surface area (Å²) < 4.78 is 25.2. The Kier molecular flexibility index (Phi) is 3.23. The van der Waals surface area contributed by atoms with Crippen LogP contribution in [0, 0.1) is 0 Å². The van der Waals surface area contributed by atoms with Crippen LogP contribution in [0.25, 0.3) is 0 Å². The maximum absolute atomic E-state index is 11.9. The molecular formula is C7H12F2N4O. The quantitative estimate of drug-likeness (QED) is 0.650. The Morgan fingerprint density at radius 3 is 2.79 bits per heavy atom. The van der Waals surface area contributed by atoms with E-state index in [0.29, 0.717) is 11.5 Å². The molecule has 0 aliphatic carbocycles. The number of nitrogens with one attached hydrogen (secondary N) is 1. The first-order valence-electron chi connectivity index (χ1n) is 4.00. The molecule has 0 amide bonds. The summed E-state index contributed by atoms with van der Waals surface area (Å²) in [6.07, 6.45) is -2.94. The SMILES string of the molecule is Cn1cc(N)c(NCC(O)C(F)F)n1. The van der Waals surface area contributed by atoms with Crippen molar-refractivity contribution < 1.29 is 13.9 Å². The average molecular weight is 206 g/mol. The van der Waals surface area contributed by atoms with E-state index in [1.807, 2.05) is 0 Å². The van der Waals surface area contributed by atoms with E-state index < -0.39 is 12.5 Å². The molecule has 0 aliphatic heterocycles. The molecule has 1 atom stereocenters. The summed E-state index contributed by atoms with van der Waals surface area (Å²) in [6.45, 7) is -0.279. The van der Waals surface area contributed by atoms with Crippen LogP contribution in [0.15, 0.2) is 6.20 Å². The van der Waals surface area contributed by atoms with Gasteiger partial charge in [0.25, 0.3) is 6.43 Å². The Morgan fingerprint density at radius 1 is 1.71 bits per heavy atom. The lowest BCUT2D eigenvalue weighted by Gasteiger charge is -2.09. The minimum atomic E-state index is -2.77. The third-order valence-electron chi connectivity index (χ3n) is 1.63. The number of aromatic nitrogens is 2. The summed E-state index contributed by atoms with van der Waals surface area (Å²) in [5.41, 5.74) is 5.84. The molecule has 1 rings (SSSR count). The van der Waals surface area contributed by atoms with Gasteiger partial charge in [-0.3, -0.25) is 4.68 Å². The van der Waals surface area contributed by atoms with Gasteiger partial charge in [0.2, 0.25) is 0 Å². The summed E-state index contributed by atoms with van der Waals surface area (Å²) in [6, 6.07) is 0. The van der Waals surface area contributed by atoms with Gasteiger partial charge in [-0.15, -0.1) is 0 Å². The monoisotopic (exact) mass is 206 g/mol. The van der Waals surface area contributed by atoms with Crippen molar-refractivity contribution in [3.63, 3.8) is 0 Å². The average Bonchev–Trinajstić information content (AvgIpc) is 2.40. The van der Waals surface area contributed by atoms with Crippen molar-refractivity contribution in [2.75, 3.05) is 17.6 Å². The fraction of sp³-hybridized carbons (Fsp3) is 0.571. The third kappa shape index (κ3) is 2.56. The van der Waals surface area contributed by atoms with Crippen LogP contribution in [0.4, 0.5) is 20.3 Å². The second-order valence-electron chi connectivity index (χ2n) is 2.89. The van der Waals surface area contributed by atoms with Crippen molar-refractivity contribution in [3.05, 3.63) is 6.20 Å². The van der Waals surface area contributed by atoms with Crippen LogP contribution in [0.5, 0.6) is 0 Å². The zero-order chi connectivity index (χ0) is 10.7. The maximum atomic E-state index is 11.9. The molecule has 0 bridgehead atoms. The number of anilines is 2. The molecule has 80 valence electrons. The molecular weight excluding hydrogens is 194 g/mol. The summed E-state index contributed by atoms with van der Waals surface area (Å²) in [5, 5.41) is 15.2. The fourth-order valence-corrected chi connectivity index (χ4v) is 0.935. The lowest BCUT2D eigenvalue weighted by molar-refractivity contribution is 0.00381. The number of aliphatic hydroxyl groups is 1. The number of aryl methyl sites for hydroxylation is 1. The molecule has 1 heterocycles. The van der Waals surface area contributed by atoms with E-state index in [2.05, 4.69) is 10.4 Å². The Hall–Kier alpha value is -1.37. The number of nitrogen functional groups attached to an aromatic ring is 1. The fourth-order valence-electron chi connectivity index (χ4n) is 0.935. The predicted molar refractivity (Wildman–Crippen MR) is 48.1 cm³/mol. The van der Waals surface area contributed by atoms with E-state index in [-0.39, 0.29) is 6.54 Å². The van der Waals surface area contributed by atoms with Crippen LogP contribution in [-0.2, 0) is 7.05 Å². The van der Waals surface area contributed by atoms with Gasteiger partial charge in [0.05, 0.1) is 5.69 Å². The van der Waals surface area contributed by atoms with E-state index >= 15 is 0 Å². The number of alkyl halides is 2. The number of nitrogens with two attached hydrogens (primary N) is 1. The third-order valence-corrected chi connectivity index (χ3v) is 1.63. The second kappa shape index (κ2) is 4.23. The highest BCUT2D eigenvalue weighted by Crippen LogP contribution is 2.14.